The highest BCUT2D eigenvalue weighted by molar-refractivity contribution is 9.10. The van der Waals surface area contributed by atoms with Gasteiger partial charge in [0.2, 0.25) is 0 Å². The van der Waals surface area contributed by atoms with Gasteiger partial charge < -0.3 is 5.11 Å². The molecule has 0 saturated heterocycles. The summed E-state index contributed by atoms with van der Waals surface area (Å²) in [6, 6.07) is 0. The molecule has 14 heavy (non-hydrogen) atoms. The van der Waals surface area contributed by atoms with Crippen LogP contribution in [0.3, 0.4) is 0 Å². The summed E-state index contributed by atoms with van der Waals surface area (Å²) < 4.78 is 1.67. The zero-order valence-corrected chi connectivity index (χ0v) is 9.11. The number of halogens is 1. The number of aromatic nitrogens is 2. The van der Waals surface area contributed by atoms with Gasteiger partial charge in [0.15, 0.2) is 0 Å². The van der Waals surface area contributed by atoms with Gasteiger partial charge in [-0.2, -0.15) is 0 Å². The molecule has 76 valence electrons. The molecule has 0 aliphatic rings. The molecule has 1 aromatic rings. The lowest BCUT2D eigenvalue weighted by Gasteiger charge is -2.06. The first kappa shape index (κ1) is 10.9. The lowest BCUT2D eigenvalue weighted by molar-refractivity contribution is -0.137. The third kappa shape index (κ3) is 2.41. The molecule has 1 rings (SSSR count). The fourth-order valence-electron chi connectivity index (χ4n) is 1.02. The Balaban J connectivity index is 3.01. The Hall–Kier alpha value is -1.17. The Bertz CT molecular complexity index is 414. The van der Waals surface area contributed by atoms with Gasteiger partial charge in [-0.1, -0.05) is 0 Å². The lowest BCUT2D eigenvalue weighted by atomic mass is 10.4. The molecule has 0 spiro atoms. The van der Waals surface area contributed by atoms with Gasteiger partial charge in [0, 0.05) is 12.7 Å². The van der Waals surface area contributed by atoms with Crippen LogP contribution in [0.5, 0.6) is 0 Å². The Morgan fingerprint density at radius 3 is 2.93 bits per heavy atom. The van der Waals surface area contributed by atoms with Gasteiger partial charge in [-0.25, -0.2) is 4.98 Å². The fourth-order valence-corrected chi connectivity index (χ4v) is 1.34. The number of nitrogens with zero attached hydrogens (tertiary/aromatic N) is 2. The summed E-state index contributed by atoms with van der Waals surface area (Å²) in [6.07, 6.45) is 1.33. The zero-order chi connectivity index (χ0) is 10.7. The van der Waals surface area contributed by atoms with E-state index in [0.717, 1.165) is 0 Å². The van der Waals surface area contributed by atoms with E-state index in [0.29, 0.717) is 10.3 Å². The minimum atomic E-state index is -0.934. The minimum Gasteiger partial charge on any atom is -0.481 e. The number of hydrogen-bond acceptors (Lipinski definition) is 3. The lowest BCUT2D eigenvalue weighted by Crippen LogP contribution is -2.25. The summed E-state index contributed by atoms with van der Waals surface area (Å²) in [4.78, 5) is 25.8. The van der Waals surface area contributed by atoms with Crippen molar-refractivity contribution < 1.29 is 9.90 Å². The fraction of sp³-hybridized carbons (Fsp3) is 0.375. The van der Waals surface area contributed by atoms with Crippen molar-refractivity contribution in [2.24, 2.45) is 0 Å². The molecule has 0 bridgehead atoms. The second kappa shape index (κ2) is 4.36. The SMILES string of the molecule is Cc1ncc(Br)c(=O)n1CCC(=O)O. The number of carbonyl (C=O) groups is 1. The number of aryl methyl sites for hydroxylation is 1. The Labute approximate surface area is 88.5 Å². The third-order valence-corrected chi connectivity index (χ3v) is 2.30. The summed E-state index contributed by atoms with van der Waals surface area (Å²) in [5.41, 5.74) is -0.251. The molecule has 0 saturated carbocycles. The van der Waals surface area contributed by atoms with E-state index in [1.807, 2.05) is 0 Å². The summed E-state index contributed by atoms with van der Waals surface area (Å²) >= 11 is 3.04. The molecule has 0 unspecified atom stereocenters. The molecule has 0 aliphatic carbocycles. The van der Waals surface area contributed by atoms with E-state index in [9.17, 15) is 9.59 Å². The van der Waals surface area contributed by atoms with Crippen LogP contribution in [0.25, 0.3) is 0 Å². The van der Waals surface area contributed by atoms with Crippen molar-refractivity contribution in [3.05, 3.63) is 26.8 Å². The number of carboxylic acid groups (broad SMARTS) is 1. The van der Waals surface area contributed by atoms with Crippen LogP contribution in [0.2, 0.25) is 0 Å². The van der Waals surface area contributed by atoms with Crippen molar-refractivity contribution in [1.29, 1.82) is 0 Å². The van der Waals surface area contributed by atoms with Gasteiger partial charge >= 0.3 is 5.97 Å². The highest BCUT2D eigenvalue weighted by Gasteiger charge is 2.06. The average molecular weight is 261 g/mol. The van der Waals surface area contributed by atoms with E-state index in [2.05, 4.69) is 20.9 Å². The predicted molar refractivity (Wildman–Crippen MR) is 53.2 cm³/mol. The number of aliphatic carboxylic acids is 1. The summed E-state index contributed by atoms with van der Waals surface area (Å²) in [5, 5.41) is 8.48. The second-order valence-electron chi connectivity index (χ2n) is 2.75. The van der Waals surface area contributed by atoms with Gasteiger partial charge in [0.1, 0.15) is 10.3 Å². The largest absolute Gasteiger partial charge is 0.481 e. The van der Waals surface area contributed by atoms with Crippen LogP contribution in [0.4, 0.5) is 0 Å². The van der Waals surface area contributed by atoms with Crippen LogP contribution in [0.1, 0.15) is 12.2 Å². The maximum absolute atomic E-state index is 11.5. The molecule has 0 aliphatic heterocycles. The Kier molecular flexibility index (Phi) is 3.40. The molecule has 0 radical (unpaired) electrons. The molecule has 1 heterocycles. The molecular weight excluding hydrogens is 252 g/mol. The zero-order valence-electron chi connectivity index (χ0n) is 7.53. The van der Waals surface area contributed by atoms with Crippen molar-refractivity contribution in [3.8, 4) is 0 Å². The van der Waals surface area contributed by atoms with E-state index in [1.165, 1.54) is 10.8 Å². The van der Waals surface area contributed by atoms with E-state index >= 15 is 0 Å². The van der Waals surface area contributed by atoms with E-state index < -0.39 is 5.97 Å². The topological polar surface area (TPSA) is 72.2 Å². The first-order valence-corrected chi connectivity index (χ1v) is 4.75. The molecule has 0 amide bonds. The van der Waals surface area contributed by atoms with Crippen LogP contribution in [0.15, 0.2) is 15.5 Å². The summed E-state index contributed by atoms with van der Waals surface area (Å²) in [6.45, 7) is 1.81. The molecule has 0 aromatic carbocycles. The average Bonchev–Trinajstić information content (AvgIpc) is 2.11. The molecular formula is C8H9BrN2O3. The van der Waals surface area contributed by atoms with E-state index in [4.69, 9.17) is 5.11 Å². The Morgan fingerprint density at radius 2 is 2.36 bits per heavy atom. The minimum absolute atomic E-state index is 0.0844. The first-order chi connectivity index (χ1) is 6.52. The number of rotatable bonds is 3. The molecule has 1 N–H and O–H groups in total. The smallest absolute Gasteiger partial charge is 0.305 e. The molecule has 6 heteroatoms. The molecule has 0 atom stereocenters. The highest BCUT2D eigenvalue weighted by atomic mass is 79.9. The first-order valence-electron chi connectivity index (χ1n) is 3.96. The molecule has 5 nitrogen and oxygen atoms in total. The second-order valence-corrected chi connectivity index (χ2v) is 3.61. The predicted octanol–water partition coefficient (Wildman–Crippen LogP) is 0.789. The van der Waals surface area contributed by atoms with Gasteiger partial charge in [-0.3, -0.25) is 14.2 Å². The van der Waals surface area contributed by atoms with Crippen LogP contribution in [-0.4, -0.2) is 20.6 Å². The quantitative estimate of drug-likeness (QED) is 0.873. The third-order valence-electron chi connectivity index (χ3n) is 1.75. The number of hydrogen-bond donors (Lipinski definition) is 1. The van der Waals surface area contributed by atoms with Crippen LogP contribution < -0.4 is 5.56 Å². The van der Waals surface area contributed by atoms with Crippen molar-refractivity contribution in [3.63, 3.8) is 0 Å². The normalized spacial score (nSPS) is 10.1. The monoisotopic (exact) mass is 260 g/mol. The van der Waals surface area contributed by atoms with E-state index in [-0.39, 0.29) is 18.5 Å². The van der Waals surface area contributed by atoms with Crippen LogP contribution in [-0.2, 0) is 11.3 Å². The highest BCUT2D eigenvalue weighted by Crippen LogP contribution is 2.01. The maximum atomic E-state index is 11.5. The maximum Gasteiger partial charge on any atom is 0.305 e. The van der Waals surface area contributed by atoms with Crippen molar-refractivity contribution >= 4 is 21.9 Å². The summed E-state index contributed by atoms with van der Waals surface area (Å²) in [7, 11) is 0. The molecule has 0 fully saturated rings. The standard InChI is InChI=1S/C8H9BrN2O3/c1-5-10-4-6(9)8(14)11(5)3-2-7(12)13/h4H,2-3H2,1H3,(H,12,13). The summed E-state index contributed by atoms with van der Waals surface area (Å²) in [5.74, 6) is -0.421. The Morgan fingerprint density at radius 1 is 1.71 bits per heavy atom. The van der Waals surface area contributed by atoms with Crippen LogP contribution in [0, 0.1) is 6.92 Å². The van der Waals surface area contributed by atoms with Crippen molar-refractivity contribution in [2.75, 3.05) is 0 Å². The van der Waals surface area contributed by atoms with Gasteiger partial charge in [-0.15, -0.1) is 0 Å². The van der Waals surface area contributed by atoms with Gasteiger partial charge in [0.05, 0.1) is 6.42 Å². The van der Waals surface area contributed by atoms with Crippen LogP contribution >= 0.6 is 15.9 Å². The molecule has 1 aromatic heterocycles. The van der Waals surface area contributed by atoms with E-state index in [1.54, 1.807) is 6.92 Å². The van der Waals surface area contributed by atoms with Crippen molar-refractivity contribution in [2.45, 2.75) is 19.9 Å². The van der Waals surface area contributed by atoms with Gasteiger partial charge in [0.25, 0.3) is 5.56 Å². The van der Waals surface area contributed by atoms with Crippen molar-refractivity contribution in [1.82, 2.24) is 9.55 Å². The van der Waals surface area contributed by atoms with Gasteiger partial charge in [-0.05, 0) is 22.9 Å². The number of carboxylic acids is 1.